The first kappa shape index (κ1) is 15.0. The number of nitrogens with zero attached hydrogens (tertiary/aromatic N) is 1. The van der Waals surface area contributed by atoms with Crippen molar-refractivity contribution in [3.63, 3.8) is 0 Å². The Hall–Kier alpha value is -1.43. The molecule has 0 radical (unpaired) electrons. The van der Waals surface area contributed by atoms with E-state index in [-0.39, 0.29) is 17.5 Å². The molecule has 6 heteroatoms. The summed E-state index contributed by atoms with van der Waals surface area (Å²) >= 11 is 7.48. The van der Waals surface area contributed by atoms with E-state index in [0.29, 0.717) is 12.2 Å². The first-order valence-corrected chi connectivity index (χ1v) is 7.31. The second kappa shape index (κ2) is 6.83. The van der Waals surface area contributed by atoms with Gasteiger partial charge in [-0.05, 0) is 47.6 Å². The summed E-state index contributed by atoms with van der Waals surface area (Å²) in [6.07, 6.45) is 0. The molecule has 0 spiro atoms. The predicted molar refractivity (Wildman–Crippen MR) is 80.7 cm³/mol. The molecule has 3 nitrogen and oxygen atoms in total. The summed E-state index contributed by atoms with van der Waals surface area (Å²) in [5.41, 5.74) is 1.59. The number of hydrogen-bond acceptors (Lipinski definition) is 3. The lowest BCUT2D eigenvalue weighted by atomic mass is 10.3. The summed E-state index contributed by atoms with van der Waals surface area (Å²) in [6, 6.07) is 5.91. The number of carbonyl (C=O) groups is 1. The van der Waals surface area contributed by atoms with Crippen molar-refractivity contribution in [2.75, 3.05) is 18.9 Å². The van der Waals surface area contributed by atoms with Crippen LogP contribution in [0.15, 0.2) is 35.0 Å². The molecule has 106 valence electrons. The predicted octanol–water partition coefficient (Wildman–Crippen LogP) is 3.61. The molecule has 1 aromatic heterocycles. The molecule has 20 heavy (non-hydrogen) atoms. The summed E-state index contributed by atoms with van der Waals surface area (Å²) < 4.78 is 12.9. The molecule has 0 saturated heterocycles. The highest BCUT2D eigenvalue weighted by Gasteiger charge is 2.10. The molecular weight excluding hydrogens is 299 g/mol. The van der Waals surface area contributed by atoms with Crippen LogP contribution >= 0.6 is 22.9 Å². The smallest absolute Gasteiger partial charge is 0.238 e. The van der Waals surface area contributed by atoms with Gasteiger partial charge in [0.2, 0.25) is 5.91 Å². The van der Waals surface area contributed by atoms with Crippen molar-refractivity contribution >= 4 is 34.5 Å². The van der Waals surface area contributed by atoms with E-state index in [1.165, 1.54) is 23.8 Å². The van der Waals surface area contributed by atoms with Gasteiger partial charge in [0.05, 0.1) is 17.3 Å². The molecule has 1 N–H and O–H groups in total. The summed E-state index contributed by atoms with van der Waals surface area (Å²) in [7, 11) is 1.86. The highest BCUT2D eigenvalue weighted by molar-refractivity contribution is 7.07. The van der Waals surface area contributed by atoms with Crippen LogP contribution < -0.4 is 5.32 Å². The minimum absolute atomic E-state index is 0.184. The average Bonchev–Trinajstić information content (AvgIpc) is 2.85. The Morgan fingerprint density at radius 1 is 1.45 bits per heavy atom. The molecule has 2 rings (SSSR count). The first-order valence-electron chi connectivity index (χ1n) is 5.99. The van der Waals surface area contributed by atoms with Gasteiger partial charge in [-0.15, -0.1) is 0 Å². The Morgan fingerprint density at radius 3 is 2.90 bits per heavy atom. The lowest BCUT2D eigenvalue weighted by Gasteiger charge is -2.15. The van der Waals surface area contributed by atoms with E-state index in [1.54, 1.807) is 11.3 Å². The Balaban J connectivity index is 1.88. The molecular formula is C14H14ClFN2OS. The maximum absolute atomic E-state index is 12.9. The second-order valence-corrected chi connectivity index (χ2v) is 5.66. The topological polar surface area (TPSA) is 32.3 Å². The van der Waals surface area contributed by atoms with Crippen LogP contribution in [0.5, 0.6) is 0 Å². The SMILES string of the molecule is CN(CC(=O)Nc1ccc(F)cc1Cl)Cc1ccsc1. The monoisotopic (exact) mass is 312 g/mol. The summed E-state index contributed by atoms with van der Waals surface area (Å²) in [5, 5.41) is 6.91. The van der Waals surface area contributed by atoms with E-state index in [4.69, 9.17) is 11.6 Å². The van der Waals surface area contributed by atoms with Crippen LogP contribution in [-0.2, 0) is 11.3 Å². The number of amides is 1. The number of nitrogens with one attached hydrogen (secondary N) is 1. The van der Waals surface area contributed by atoms with Crippen molar-refractivity contribution in [3.05, 3.63) is 51.4 Å². The van der Waals surface area contributed by atoms with Crippen LogP contribution in [-0.4, -0.2) is 24.4 Å². The van der Waals surface area contributed by atoms with Gasteiger partial charge in [0.15, 0.2) is 0 Å². The second-order valence-electron chi connectivity index (χ2n) is 4.48. The van der Waals surface area contributed by atoms with Crippen LogP contribution in [0.4, 0.5) is 10.1 Å². The van der Waals surface area contributed by atoms with Crippen LogP contribution in [0.1, 0.15) is 5.56 Å². The molecule has 0 aliphatic heterocycles. The minimum atomic E-state index is -0.428. The molecule has 0 fully saturated rings. The Morgan fingerprint density at radius 2 is 2.25 bits per heavy atom. The van der Waals surface area contributed by atoms with Gasteiger partial charge >= 0.3 is 0 Å². The molecule has 1 amide bonds. The summed E-state index contributed by atoms with van der Waals surface area (Å²) in [6.45, 7) is 0.942. The largest absolute Gasteiger partial charge is 0.324 e. The van der Waals surface area contributed by atoms with Crippen molar-refractivity contribution in [2.24, 2.45) is 0 Å². The Bertz CT molecular complexity index is 589. The third kappa shape index (κ3) is 4.30. The zero-order chi connectivity index (χ0) is 14.5. The zero-order valence-electron chi connectivity index (χ0n) is 10.9. The van der Waals surface area contributed by atoms with E-state index in [1.807, 2.05) is 28.8 Å². The van der Waals surface area contributed by atoms with Gasteiger partial charge in [0.25, 0.3) is 0 Å². The van der Waals surface area contributed by atoms with E-state index in [0.717, 1.165) is 0 Å². The maximum Gasteiger partial charge on any atom is 0.238 e. The Labute approximate surface area is 126 Å². The standard InChI is InChI=1S/C14H14ClFN2OS/c1-18(7-10-4-5-20-9-10)8-14(19)17-13-3-2-11(16)6-12(13)15/h2-6,9H,7-8H2,1H3,(H,17,19). The van der Waals surface area contributed by atoms with Gasteiger partial charge in [0, 0.05) is 6.54 Å². The van der Waals surface area contributed by atoms with E-state index in [9.17, 15) is 9.18 Å². The van der Waals surface area contributed by atoms with Crippen molar-refractivity contribution in [2.45, 2.75) is 6.54 Å². The van der Waals surface area contributed by atoms with Gasteiger partial charge in [-0.3, -0.25) is 9.69 Å². The van der Waals surface area contributed by atoms with Crippen molar-refractivity contribution in [1.82, 2.24) is 4.90 Å². The van der Waals surface area contributed by atoms with Crippen molar-refractivity contribution < 1.29 is 9.18 Å². The summed E-state index contributed by atoms with van der Waals surface area (Å²) in [5.74, 6) is -0.612. The number of rotatable bonds is 5. The molecule has 0 bridgehead atoms. The fraction of sp³-hybridized carbons (Fsp3) is 0.214. The molecule has 0 unspecified atom stereocenters. The molecule has 1 aromatic carbocycles. The molecule has 1 heterocycles. The van der Waals surface area contributed by atoms with Gasteiger partial charge < -0.3 is 5.32 Å². The number of thiophene rings is 1. The van der Waals surface area contributed by atoms with Gasteiger partial charge in [0.1, 0.15) is 5.82 Å². The molecule has 0 aliphatic carbocycles. The van der Waals surface area contributed by atoms with Gasteiger partial charge in [-0.2, -0.15) is 11.3 Å². The number of benzene rings is 1. The lowest BCUT2D eigenvalue weighted by molar-refractivity contribution is -0.117. The van der Waals surface area contributed by atoms with Crippen LogP contribution in [0.25, 0.3) is 0 Å². The first-order chi connectivity index (χ1) is 9.54. The van der Waals surface area contributed by atoms with Crippen molar-refractivity contribution in [3.8, 4) is 0 Å². The summed E-state index contributed by atoms with van der Waals surface area (Å²) in [4.78, 5) is 13.8. The lowest BCUT2D eigenvalue weighted by Crippen LogP contribution is -2.29. The fourth-order valence-corrected chi connectivity index (χ4v) is 2.65. The van der Waals surface area contributed by atoms with Crippen LogP contribution in [0, 0.1) is 5.82 Å². The molecule has 0 saturated carbocycles. The van der Waals surface area contributed by atoms with E-state index in [2.05, 4.69) is 5.32 Å². The number of anilines is 1. The average molecular weight is 313 g/mol. The highest BCUT2D eigenvalue weighted by Crippen LogP contribution is 2.22. The highest BCUT2D eigenvalue weighted by atomic mass is 35.5. The van der Waals surface area contributed by atoms with Crippen LogP contribution in [0.2, 0.25) is 5.02 Å². The Kier molecular flexibility index (Phi) is 5.11. The maximum atomic E-state index is 12.9. The minimum Gasteiger partial charge on any atom is -0.324 e. The third-order valence-electron chi connectivity index (χ3n) is 2.65. The zero-order valence-corrected chi connectivity index (χ0v) is 12.5. The third-order valence-corrected chi connectivity index (χ3v) is 3.70. The van der Waals surface area contributed by atoms with Crippen molar-refractivity contribution in [1.29, 1.82) is 0 Å². The number of halogens is 2. The quantitative estimate of drug-likeness (QED) is 0.914. The number of hydrogen-bond donors (Lipinski definition) is 1. The number of carbonyl (C=O) groups excluding carboxylic acids is 1. The van der Waals surface area contributed by atoms with E-state index < -0.39 is 5.82 Å². The molecule has 0 atom stereocenters. The molecule has 0 aliphatic rings. The van der Waals surface area contributed by atoms with Gasteiger partial charge in [-0.1, -0.05) is 11.6 Å². The molecule has 2 aromatic rings. The fourth-order valence-electron chi connectivity index (χ4n) is 1.78. The normalized spacial score (nSPS) is 10.8. The number of likely N-dealkylation sites (N-methyl/N-ethyl adjacent to an activating group) is 1. The van der Waals surface area contributed by atoms with Crippen LogP contribution in [0.3, 0.4) is 0 Å². The van der Waals surface area contributed by atoms with E-state index >= 15 is 0 Å². The van der Waals surface area contributed by atoms with Gasteiger partial charge in [-0.25, -0.2) is 4.39 Å².